The van der Waals surface area contributed by atoms with Crippen LogP contribution in [0.25, 0.3) is 0 Å². The molecule has 1 aromatic carbocycles. The molecule has 1 rings (SSSR count). The lowest BCUT2D eigenvalue weighted by Crippen LogP contribution is -2.44. The predicted molar refractivity (Wildman–Crippen MR) is 120 cm³/mol. The van der Waals surface area contributed by atoms with Gasteiger partial charge in [-0.3, -0.25) is 0 Å². The average molecular weight is 439 g/mol. The second kappa shape index (κ2) is 15.5. The van der Waals surface area contributed by atoms with Gasteiger partial charge in [0.25, 0.3) is 0 Å². The number of aliphatic carboxylic acids is 1. The Morgan fingerprint density at radius 3 is 2.42 bits per heavy atom. The molecule has 0 aromatic heterocycles. The van der Waals surface area contributed by atoms with Gasteiger partial charge in [-0.2, -0.15) is 0 Å². The molecule has 8 nitrogen and oxygen atoms in total. The zero-order valence-corrected chi connectivity index (χ0v) is 19.3. The van der Waals surface area contributed by atoms with Crippen molar-refractivity contribution in [3.63, 3.8) is 0 Å². The Bertz CT molecular complexity index is 637. The second-order valence-electron chi connectivity index (χ2n) is 7.33. The lowest BCUT2D eigenvalue weighted by molar-refractivity contribution is -0.149. The van der Waals surface area contributed by atoms with Crippen LogP contribution in [0, 0.1) is 0 Å². The highest BCUT2D eigenvalue weighted by Crippen LogP contribution is 2.15. The van der Waals surface area contributed by atoms with Crippen LogP contribution in [0.1, 0.15) is 45.1 Å². The van der Waals surface area contributed by atoms with E-state index in [1.54, 1.807) is 38.1 Å². The molecule has 0 spiro atoms. The van der Waals surface area contributed by atoms with E-state index < -0.39 is 12.1 Å². The number of urea groups is 1. The summed E-state index contributed by atoms with van der Waals surface area (Å²) in [6.45, 7) is 5.56. The van der Waals surface area contributed by atoms with Gasteiger partial charge in [0, 0.05) is 33.7 Å². The molecule has 0 fully saturated rings. The van der Waals surface area contributed by atoms with Gasteiger partial charge in [-0.1, -0.05) is 38.3 Å². The van der Waals surface area contributed by atoms with Crippen molar-refractivity contribution >= 4 is 12.0 Å². The van der Waals surface area contributed by atoms with E-state index >= 15 is 0 Å². The number of methoxy groups -OCH3 is 1. The Morgan fingerprint density at radius 1 is 1.16 bits per heavy atom. The highest BCUT2D eigenvalue weighted by atomic mass is 16.5. The first-order valence-electron chi connectivity index (χ1n) is 11.0. The van der Waals surface area contributed by atoms with Crippen molar-refractivity contribution in [1.29, 1.82) is 0 Å². The summed E-state index contributed by atoms with van der Waals surface area (Å²) in [6, 6.07) is 7.10. The molecule has 8 heteroatoms. The molecule has 0 saturated heterocycles. The second-order valence-corrected chi connectivity index (χ2v) is 7.33. The molecule has 0 aliphatic carbocycles. The summed E-state index contributed by atoms with van der Waals surface area (Å²) in [4.78, 5) is 25.2. The van der Waals surface area contributed by atoms with E-state index in [2.05, 4.69) is 12.2 Å². The minimum absolute atomic E-state index is 0.00402. The van der Waals surface area contributed by atoms with E-state index in [0.717, 1.165) is 31.2 Å². The molecule has 1 aromatic rings. The van der Waals surface area contributed by atoms with Crippen LogP contribution in [-0.4, -0.2) is 74.7 Å². The number of rotatable bonds is 16. The minimum atomic E-state index is -0.972. The third-order valence-electron chi connectivity index (χ3n) is 5.01. The number of carbonyl (C=O) groups is 2. The van der Waals surface area contributed by atoms with Gasteiger partial charge in [0.2, 0.25) is 0 Å². The Balaban J connectivity index is 2.56. The Hall–Kier alpha value is -2.32. The number of carboxylic acid groups (broad SMARTS) is 1. The van der Waals surface area contributed by atoms with Crippen molar-refractivity contribution in [1.82, 2.24) is 10.2 Å². The number of carbonyl (C=O) groups excluding carboxylic acids is 1. The first-order valence-corrected chi connectivity index (χ1v) is 11.0. The molecule has 0 bridgehead atoms. The van der Waals surface area contributed by atoms with Crippen molar-refractivity contribution < 1.29 is 28.9 Å². The predicted octanol–water partition coefficient (Wildman–Crippen LogP) is 3.33. The van der Waals surface area contributed by atoms with Crippen LogP contribution in [0.4, 0.5) is 4.79 Å². The molecule has 0 radical (unpaired) electrons. The Kier molecular flexibility index (Phi) is 13.3. The van der Waals surface area contributed by atoms with Gasteiger partial charge in [0.15, 0.2) is 6.10 Å². The van der Waals surface area contributed by atoms with Gasteiger partial charge in [-0.15, -0.1) is 0 Å². The maximum Gasteiger partial charge on any atom is 0.333 e. The summed E-state index contributed by atoms with van der Waals surface area (Å²) < 4.78 is 16.6. The maximum atomic E-state index is 12.2. The van der Waals surface area contributed by atoms with Crippen LogP contribution in [0.5, 0.6) is 5.75 Å². The fourth-order valence-corrected chi connectivity index (χ4v) is 3.21. The van der Waals surface area contributed by atoms with E-state index in [-0.39, 0.29) is 12.1 Å². The Morgan fingerprint density at radius 2 is 1.87 bits per heavy atom. The monoisotopic (exact) mass is 438 g/mol. The van der Waals surface area contributed by atoms with Gasteiger partial charge in [-0.05, 0) is 31.0 Å². The fraction of sp³-hybridized carbons (Fsp3) is 0.652. The number of unbranched alkanes of at least 4 members (excludes halogenated alkanes) is 2. The van der Waals surface area contributed by atoms with Crippen LogP contribution in [0.2, 0.25) is 0 Å². The number of nitrogens with one attached hydrogen (secondary N) is 1. The zero-order chi connectivity index (χ0) is 23.1. The third-order valence-corrected chi connectivity index (χ3v) is 5.01. The van der Waals surface area contributed by atoms with E-state index in [1.165, 1.54) is 0 Å². The molecule has 0 saturated carbocycles. The average Bonchev–Trinajstić information content (AvgIpc) is 2.77. The highest BCUT2D eigenvalue weighted by molar-refractivity contribution is 5.73. The van der Waals surface area contributed by atoms with Crippen LogP contribution >= 0.6 is 0 Å². The highest BCUT2D eigenvalue weighted by Gasteiger charge is 2.19. The number of benzene rings is 1. The van der Waals surface area contributed by atoms with Crippen LogP contribution in [-0.2, 0) is 20.7 Å². The molecular formula is C23H38N2O6. The summed E-state index contributed by atoms with van der Waals surface area (Å²) in [6.07, 6.45) is 3.72. The van der Waals surface area contributed by atoms with E-state index in [4.69, 9.17) is 14.2 Å². The normalized spacial score (nSPS) is 12.8. The molecule has 2 unspecified atom stereocenters. The van der Waals surface area contributed by atoms with E-state index in [1.807, 2.05) is 12.1 Å². The maximum absolute atomic E-state index is 12.2. The molecule has 0 aliphatic rings. The molecule has 2 atom stereocenters. The summed E-state index contributed by atoms with van der Waals surface area (Å²) >= 11 is 0. The number of ether oxygens (including phenoxy) is 3. The molecule has 0 heterocycles. The summed E-state index contributed by atoms with van der Waals surface area (Å²) in [5.74, 6) is -0.310. The van der Waals surface area contributed by atoms with Gasteiger partial charge in [0.05, 0.1) is 12.6 Å². The standard InChI is InChI=1S/C23H38N2O6/c1-5-7-8-9-20(29-4)17-25(23(28)24-3)14-15-31-19-12-10-18(11-13-19)16-21(22(26)27)30-6-2/h10-13,20-21H,5-9,14-17H2,1-4H3,(H,24,28)(H,26,27). The fourth-order valence-electron chi connectivity index (χ4n) is 3.21. The van der Waals surface area contributed by atoms with Crippen molar-refractivity contribution in [3.05, 3.63) is 29.8 Å². The largest absolute Gasteiger partial charge is 0.492 e. The molecule has 0 aliphatic heterocycles. The van der Waals surface area contributed by atoms with E-state index in [9.17, 15) is 14.7 Å². The molecule has 31 heavy (non-hydrogen) atoms. The summed E-state index contributed by atoms with van der Waals surface area (Å²) in [5, 5.41) is 11.9. The Labute approximate surface area is 185 Å². The minimum Gasteiger partial charge on any atom is -0.492 e. The lowest BCUT2D eigenvalue weighted by atomic mass is 10.1. The quantitative estimate of drug-likeness (QED) is 0.384. The van der Waals surface area contributed by atoms with Crippen LogP contribution in [0.3, 0.4) is 0 Å². The van der Waals surface area contributed by atoms with Crippen molar-refractivity contribution in [3.8, 4) is 5.75 Å². The molecule has 176 valence electrons. The SMILES string of the molecule is CCCCCC(CN(CCOc1ccc(CC(OCC)C(=O)O)cc1)C(=O)NC)OC. The number of amides is 2. The summed E-state index contributed by atoms with van der Waals surface area (Å²) in [5.41, 5.74) is 0.857. The summed E-state index contributed by atoms with van der Waals surface area (Å²) in [7, 11) is 3.29. The van der Waals surface area contributed by atoms with Gasteiger partial charge in [-0.25, -0.2) is 9.59 Å². The number of carboxylic acids is 1. The van der Waals surface area contributed by atoms with Gasteiger partial charge < -0.3 is 29.5 Å². The number of nitrogens with zero attached hydrogens (tertiary/aromatic N) is 1. The van der Waals surface area contributed by atoms with Crippen molar-refractivity contribution in [2.24, 2.45) is 0 Å². The van der Waals surface area contributed by atoms with Crippen LogP contribution < -0.4 is 10.1 Å². The lowest BCUT2D eigenvalue weighted by Gasteiger charge is -2.26. The first kappa shape index (κ1) is 26.7. The van der Waals surface area contributed by atoms with Gasteiger partial charge >= 0.3 is 12.0 Å². The molecular weight excluding hydrogens is 400 g/mol. The van der Waals surface area contributed by atoms with Crippen molar-refractivity contribution in [2.75, 3.05) is 40.5 Å². The number of hydrogen-bond donors (Lipinski definition) is 2. The third kappa shape index (κ3) is 10.5. The van der Waals surface area contributed by atoms with Crippen molar-refractivity contribution in [2.45, 2.75) is 58.2 Å². The first-order chi connectivity index (χ1) is 14.9. The van der Waals surface area contributed by atoms with E-state index in [0.29, 0.717) is 38.5 Å². The zero-order valence-electron chi connectivity index (χ0n) is 19.3. The smallest absolute Gasteiger partial charge is 0.333 e. The van der Waals surface area contributed by atoms with Gasteiger partial charge in [0.1, 0.15) is 12.4 Å². The topological polar surface area (TPSA) is 97.3 Å². The number of hydrogen-bond acceptors (Lipinski definition) is 5. The molecule has 2 N–H and O–H groups in total. The van der Waals surface area contributed by atoms with Crippen LogP contribution in [0.15, 0.2) is 24.3 Å². The molecule has 2 amide bonds.